The van der Waals surface area contributed by atoms with E-state index in [1.165, 1.54) is 13.0 Å². The summed E-state index contributed by atoms with van der Waals surface area (Å²) >= 11 is 0. The molecular formula is C22H27FN6O7. The summed E-state index contributed by atoms with van der Waals surface area (Å²) in [5.74, 6) is -1.69. The molecule has 0 heterocycles. The molecule has 2 rings (SSSR count). The minimum Gasteiger partial charge on any atom is -0.380 e. The molecule has 13 nitrogen and oxygen atoms in total. The van der Waals surface area contributed by atoms with Gasteiger partial charge in [0.05, 0.1) is 34.8 Å². The normalized spacial score (nSPS) is 11.0. The van der Waals surface area contributed by atoms with Gasteiger partial charge in [-0.3, -0.25) is 25.0 Å². The number of nitro groups is 2. The molecule has 194 valence electrons. The first-order chi connectivity index (χ1) is 17.2. The summed E-state index contributed by atoms with van der Waals surface area (Å²) in [5, 5.41) is 32.6. The molecule has 2 aromatic rings. The van der Waals surface area contributed by atoms with E-state index >= 15 is 0 Å². The van der Waals surface area contributed by atoms with Crippen LogP contribution in [0.3, 0.4) is 0 Å². The molecule has 0 aliphatic heterocycles. The highest BCUT2D eigenvalue weighted by molar-refractivity contribution is 5.93. The number of anilines is 2. The molecule has 0 atom stereocenters. The molecule has 0 saturated heterocycles. The summed E-state index contributed by atoms with van der Waals surface area (Å²) < 4.78 is 25.0. The van der Waals surface area contributed by atoms with Crippen LogP contribution in [0.1, 0.15) is 20.8 Å². The number of benzene rings is 2. The van der Waals surface area contributed by atoms with Gasteiger partial charge in [0.2, 0.25) is 11.7 Å². The van der Waals surface area contributed by atoms with E-state index in [9.17, 15) is 29.4 Å². The highest BCUT2D eigenvalue weighted by Crippen LogP contribution is 2.36. The summed E-state index contributed by atoms with van der Waals surface area (Å²) in [7, 11) is 0. The standard InChI is InChI=1S/C22H27FN6O7/c1-4-35-10-8-27(9-11-36-5-2)16-6-7-18(19(12-16)24-15(3)30)25-26-20-13-17(23)21(28(31)32)14-22(20)29(33)34/h6-7,12-14H,4-5,8-11H2,1-3H3,(H,24,30)/b26-25+. The molecule has 1 N–H and O–H groups in total. The van der Waals surface area contributed by atoms with E-state index < -0.39 is 38.6 Å². The molecule has 0 bridgehead atoms. The summed E-state index contributed by atoms with van der Waals surface area (Å²) in [5.41, 5.74) is -1.24. The molecule has 0 spiro atoms. The number of nitrogens with zero attached hydrogens (tertiary/aromatic N) is 5. The lowest BCUT2D eigenvalue weighted by molar-refractivity contribution is -0.395. The molecule has 0 aliphatic carbocycles. The van der Waals surface area contributed by atoms with E-state index in [0.717, 1.165) is 5.69 Å². The summed E-state index contributed by atoms with van der Waals surface area (Å²) in [6.07, 6.45) is 0. The van der Waals surface area contributed by atoms with E-state index in [-0.39, 0.29) is 11.4 Å². The van der Waals surface area contributed by atoms with Gasteiger partial charge in [-0.05, 0) is 32.0 Å². The molecule has 14 heteroatoms. The third kappa shape index (κ3) is 8.02. The number of rotatable bonds is 14. The van der Waals surface area contributed by atoms with Gasteiger partial charge in [-0.15, -0.1) is 10.2 Å². The van der Waals surface area contributed by atoms with E-state index in [1.807, 2.05) is 18.7 Å². The fourth-order valence-electron chi connectivity index (χ4n) is 3.12. The van der Waals surface area contributed by atoms with Crippen molar-refractivity contribution in [2.24, 2.45) is 10.2 Å². The third-order valence-electron chi connectivity index (χ3n) is 4.78. The van der Waals surface area contributed by atoms with Crippen molar-refractivity contribution in [2.45, 2.75) is 20.8 Å². The predicted molar refractivity (Wildman–Crippen MR) is 130 cm³/mol. The van der Waals surface area contributed by atoms with Crippen molar-refractivity contribution < 1.29 is 28.5 Å². The van der Waals surface area contributed by atoms with Crippen molar-refractivity contribution in [3.05, 3.63) is 56.4 Å². The van der Waals surface area contributed by atoms with E-state index in [2.05, 4.69) is 15.5 Å². The van der Waals surface area contributed by atoms with Crippen LogP contribution in [-0.4, -0.2) is 55.3 Å². The van der Waals surface area contributed by atoms with Gasteiger partial charge in [0, 0.05) is 45.0 Å². The van der Waals surface area contributed by atoms with Crippen LogP contribution in [0.2, 0.25) is 0 Å². The van der Waals surface area contributed by atoms with Crippen LogP contribution in [0.15, 0.2) is 40.6 Å². The monoisotopic (exact) mass is 506 g/mol. The van der Waals surface area contributed by atoms with Crippen LogP contribution in [0.5, 0.6) is 0 Å². The van der Waals surface area contributed by atoms with Gasteiger partial charge in [-0.25, -0.2) is 0 Å². The molecule has 36 heavy (non-hydrogen) atoms. The minimum absolute atomic E-state index is 0.136. The maximum atomic E-state index is 14.1. The second-order valence-electron chi connectivity index (χ2n) is 7.27. The zero-order valence-corrected chi connectivity index (χ0v) is 20.1. The topological polar surface area (TPSA) is 162 Å². The zero-order valence-electron chi connectivity index (χ0n) is 20.1. The Morgan fingerprint density at radius 3 is 2.08 bits per heavy atom. The Morgan fingerprint density at radius 2 is 1.56 bits per heavy atom. The van der Waals surface area contributed by atoms with E-state index in [4.69, 9.17) is 9.47 Å². The lowest BCUT2D eigenvalue weighted by Gasteiger charge is -2.25. The number of halogens is 1. The Hall–Kier alpha value is -4.04. The Labute approximate surface area is 206 Å². The summed E-state index contributed by atoms with van der Waals surface area (Å²) in [6.45, 7) is 8.23. The summed E-state index contributed by atoms with van der Waals surface area (Å²) in [4.78, 5) is 34.1. The number of hydrogen-bond acceptors (Lipinski definition) is 10. The maximum absolute atomic E-state index is 14.1. The number of ether oxygens (including phenoxy) is 2. The lowest BCUT2D eigenvalue weighted by atomic mass is 10.2. The Morgan fingerprint density at radius 1 is 0.972 bits per heavy atom. The van der Waals surface area contributed by atoms with Gasteiger partial charge in [0.15, 0.2) is 5.69 Å². The average molecular weight is 506 g/mol. The highest BCUT2D eigenvalue weighted by atomic mass is 19.1. The second-order valence-corrected chi connectivity index (χ2v) is 7.27. The van der Waals surface area contributed by atoms with Gasteiger partial charge in [-0.1, -0.05) is 0 Å². The largest absolute Gasteiger partial charge is 0.380 e. The van der Waals surface area contributed by atoms with Crippen LogP contribution < -0.4 is 10.2 Å². The molecule has 0 saturated carbocycles. The number of nitrogens with one attached hydrogen (secondary N) is 1. The molecule has 1 amide bonds. The van der Waals surface area contributed by atoms with Gasteiger partial charge >= 0.3 is 11.4 Å². The fourth-order valence-corrected chi connectivity index (χ4v) is 3.12. The van der Waals surface area contributed by atoms with Crippen LogP contribution >= 0.6 is 0 Å². The first-order valence-corrected chi connectivity index (χ1v) is 11.0. The number of carbonyl (C=O) groups excluding carboxylic acids is 1. The Balaban J connectivity index is 2.45. The lowest BCUT2D eigenvalue weighted by Crippen LogP contribution is -2.31. The molecule has 0 aromatic heterocycles. The first-order valence-electron chi connectivity index (χ1n) is 11.0. The molecule has 2 aromatic carbocycles. The Bertz CT molecular complexity index is 1120. The molecular weight excluding hydrogens is 479 g/mol. The number of carbonyl (C=O) groups is 1. The highest BCUT2D eigenvalue weighted by Gasteiger charge is 2.25. The van der Waals surface area contributed by atoms with Crippen LogP contribution in [0.25, 0.3) is 0 Å². The van der Waals surface area contributed by atoms with Crippen LogP contribution in [0, 0.1) is 26.0 Å². The zero-order chi connectivity index (χ0) is 26.7. The van der Waals surface area contributed by atoms with Gasteiger partial charge in [-0.2, -0.15) is 4.39 Å². The number of amides is 1. The first kappa shape index (κ1) is 28.2. The SMILES string of the molecule is CCOCCN(CCOCC)c1ccc(/N=N/c2cc(F)c([N+](=O)[O-])cc2[N+](=O)[O-])c(NC(C)=O)c1. The Kier molecular flexibility index (Phi) is 10.8. The quantitative estimate of drug-likeness (QED) is 0.164. The van der Waals surface area contributed by atoms with E-state index in [1.54, 1.807) is 12.1 Å². The van der Waals surface area contributed by atoms with Crippen molar-refractivity contribution in [2.75, 3.05) is 49.7 Å². The van der Waals surface area contributed by atoms with Gasteiger partial charge < -0.3 is 19.7 Å². The van der Waals surface area contributed by atoms with Crippen LogP contribution in [0.4, 0.5) is 38.5 Å². The number of nitro benzene ring substituents is 2. The van der Waals surface area contributed by atoms with Crippen molar-refractivity contribution in [3.63, 3.8) is 0 Å². The van der Waals surface area contributed by atoms with Crippen LogP contribution in [-0.2, 0) is 14.3 Å². The van der Waals surface area contributed by atoms with Crippen molar-refractivity contribution >= 4 is 40.0 Å². The number of azo groups is 1. The smallest absolute Gasteiger partial charge is 0.311 e. The summed E-state index contributed by atoms with van der Waals surface area (Å²) in [6, 6.07) is 5.94. The van der Waals surface area contributed by atoms with Crippen molar-refractivity contribution in [1.82, 2.24) is 0 Å². The fraction of sp³-hybridized carbons (Fsp3) is 0.409. The van der Waals surface area contributed by atoms with Crippen molar-refractivity contribution in [3.8, 4) is 0 Å². The molecule has 0 fully saturated rings. The second kappa shape index (κ2) is 13.7. The minimum atomic E-state index is -1.30. The third-order valence-corrected chi connectivity index (χ3v) is 4.78. The van der Waals surface area contributed by atoms with Gasteiger partial charge in [0.1, 0.15) is 5.69 Å². The average Bonchev–Trinajstić information content (AvgIpc) is 2.81. The van der Waals surface area contributed by atoms with Crippen molar-refractivity contribution in [1.29, 1.82) is 0 Å². The molecule has 0 aliphatic rings. The van der Waals surface area contributed by atoms with Gasteiger partial charge in [0.25, 0.3) is 0 Å². The number of hydrogen-bond donors (Lipinski definition) is 1. The predicted octanol–water partition coefficient (Wildman–Crippen LogP) is 4.90. The molecule has 0 unspecified atom stereocenters. The van der Waals surface area contributed by atoms with E-state index in [0.29, 0.717) is 51.6 Å². The molecule has 0 radical (unpaired) electrons. The maximum Gasteiger partial charge on any atom is 0.311 e.